The van der Waals surface area contributed by atoms with E-state index in [-0.39, 0.29) is 18.0 Å². The highest BCUT2D eigenvalue weighted by Gasteiger charge is 2.30. The number of ether oxygens (including phenoxy) is 1. The van der Waals surface area contributed by atoms with Crippen LogP contribution in [0.15, 0.2) is 42.5 Å². The van der Waals surface area contributed by atoms with Crippen LogP contribution in [0.5, 0.6) is 5.75 Å². The molecule has 0 saturated carbocycles. The van der Waals surface area contributed by atoms with Crippen LogP contribution >= 0.6 is 0 Å². The zero-order valence-electron chi connectivity index (χ0n) is 11.3. The molecule has 3 N–H and O–H groups in total. The molecule has 0 radical (unpaired) electrons. The molecule has 3 nitrogen and oxygen atoms in total. The molecule has 0 aliphatic carbocycles. The number of nitrogens with one attached hydrogen (secondary N) is 1. The number of aryl methyl sites for hydroxylation is 1. The van der Waals surface area contributed by atoms with Crippen LogP contribution in [0.2, 0.25) is 0 Å². The van der Waals surface area contributed by atoms with Crippen molar-refractivity contribution in [3.63, 3.8) is 0 Å². The maximum atomic E-state index is 13.7. The number of hydrogen-bond acceptors (Lipinski definition) is 3. The summed E-state index contributed by atoms with van der Waals surface area (Å²) in [7, 11) is 0. The number of benzene rings is 2. The molecule has 104 valence electrons. The van der Waals surface area contributed by atoms with E-state index in [1.54, 1.807) is 13.0 Å². The minimum atomic E-state index is -0.238. The van der Waals surface area contributed by atoms with Crippen LogP contribution in [0, 0.1) is 12.7 Å². The normalized spacial score (nSPS) is 18.4. The molecule has 1 heterocycles. The number of hydrazine groups is 1. The van der Waals surface area contributed by atoms with Gasteiger partial charge in [-0.15, -0.1) is 0 Å². The second-order valence-electron chi connectivity index (χ2n) is 5.12. The van der Waals surface area contributed by atoms with Crippen molar-refractivity contribution < 1.29 is 9.13 Å². The summed E-state index contributed by atoms with van der Waals surface area (Å²) in [5.74, 6) is 6.31. The van der Waals surface area contributed by atoms with Crippen molar-refractivity contribution in [3.05, 3.63) is 65.0 Å². The van der Waals surface area contributed by atoms with Crippen LogP contribution in [0.1, 0.15) is 22.7 Å². The number of fused-ring (bicyclic) bond motifs is 1. The maximum absolute atomic E-state index is 13.7. The summed E-state index contributed by atoms with van der Waals surface area (Å²) in [6.45, 7) is 1.74. The quantitative estimate of drug-likeness (QED) is 0.667. The van der Waals surface area contributed by atoms with E-state index in [0.29, 0.717) is 5.56 Å². The summed E-state index contributed by atoms with van der Waals surface area (Å²) in [5.41, 5.74) is 5.33. The van der Waals surface area contributed by atoms with Crippen molar-refractivity contribution in [3.8, 4) is 5.75 Å². The SMILES string of the molecule is Cc1ccc(C(NN)C2Cc3ccccc3O2)cc1F. The third-order valence-electron chi connectivity index (χ3n) is 3.78. The third-order valence-corrected chi connectivity index (χ3v) is 3.78. The molecule has 20 heavy (non-hydrogen) atoms. The van der Waals surface area contributed by atoms with Crippen LogP contribution in [0.3, 0.4) is 0 Å². The first-order valence-electron chi connectivity index (χ1n) is 6.66. The molecule has 0 bridgehead atoms. The van der Waals surface area contributed by atoms with Gasteiger partial charge in [-0.3, -0.25) is 5.84 Å². The van der Waals surface area contributed by atoms with Gasteiger partial charge in [0.15, 0.2) is 0 Å². The summed E-state index contributed by atoms with van der Waals surface area (Å²) in [5, 5.41) is 0. The Bertz CT molecular complexity index is 605. The summed E-state index contributed by atoms with van der Waals surface area (Å²) in [4.78, 5) is 0. The second kappa shape index (κ2) is 5.23. The average Bonchev–Trinajstić information content (AvgIpc) is 2.87. The van der Waals surface area contributed by atoms with Crippen molar-refractivity contribution in [2.45, 2.75) is 25.5 Å². The van der Waals surface area contributed by atoms with Gasteiger partial charge in [-0.25, -0.2) is 9.82 Å². The Balaban J connectivity index is 1.87. The predicted octanol–water partition coefficient (Wildman–Crippen LogP) is 2.64. The first kappa shape index (κ1) is 13.1. The van der Waals surface area contributed by atoms with Gasteiger partial charge >= 0.3 is 0 Å². The van der Waals surface area contributed by atoms with Crippen molar-refractivity contribution in [2.24, 2.45) is 5.84 Å². The van der Waals surface area contributed by atoms with Gasteiger partial charge in [0.25, 0.3) is 0 Å². The molecule has 2 atom stereocenters. The lowest BCUT2D eigenvalue weighted by Gasteiger charge is -2.23. The first-order valence-corrected chi connectivity index (χ1v) is 6.66. The van der Waals surface area contributed by atoms with Gasteiger partial charge < -0.3 is 4.74 Å². The highest BCUT2D eigenvalue weighted by molar-refractivity contribution is 5.39. The monoisotopic (exact) mass is 272 g/mol. The van der Waals surface area contributed by atoms with Crippen molar-refractivity contribution >= 4 is 0 Å². The third kappa shape index (κ3) is 2.28. The van der Waals surface area contributed by atoms with E-state index in [9.17, 15) is 4.39 Å². The number of rotatable bonds is 3. The number of nitrogens with two attached hydrogens (primary N) is 1. The lowest BCUT2D eigenvalue weighted by atomic mass is 9.97. The average molecular weight is 272 g/mol. The number of halogens is 1. The Kier molecular flexibility index (Phi) is 3.42. The van der Waals surface area contributed by atoms with Crippen LogP contribution in [0.4, 0.5) is 4.39 Å². The molecule has 2 aromatic carbocycles. The topological polar surface area (TPSA) is 47.3 Å². The Morgan fingerprint density at radius 2 is 2.10 bits per heavy atom. The molecular formula is C16H17FN2O. The standard InChI is InChI=1S/C16H17FN2O/c1-10-6-7-12(8-13(10)17)16(19-18)15-9-11-4-2-3-5-14(11)20-15/h2-8,15-16,19H,9,18H2,1H3. The Hall–Kier alpha value is -1.91. The molecule has 2 aromatic rings. The highest BCUT2D eigenvalue weighted by Crippen LogP contribution is 2.34. The molecule has 0 amide bonds. The van der Waals surface area contributed by atoms with Crippen LogP contribution in [0.25, 0.3) is 0 Å². The van der Waals surface area contributed by atoms with Crippen molar-refractivity contribution in [1.29, 1.82) is 0 Å². The summed E-state index contributed by atoms with van der Waals surface area (Å²) in [6.07, 6.45) is 0.639. The summed E-state index contributed by atoms with van der Waals surface area (Å²) in [6, 6.07) is 12.8. The van der Waals surface area contributed by atoms with E-state index in [2.05, 4.69) is 5.43 Å². The zero-order valence-corrected chi connectivity index (χ0v) is 11.3. The number of para-hydroxylation sites is 1. The van der Waals surface area contributed by atoms with E-state index in [0.717, 1.165) is 23.3 Å². The fourth-order valence-electron chi connectivity index (χ4n) is 2.62. The van der Waals surface area contributed by atoms with E-state index >= 15 is 0 Å². The second-order valence-corrected chi connectivity index (χ2v) is 5.12. The fourth-order valence-corrected chi connectivity index (χ4v) is 2.62. The van der Waals surface area contributed by atoms with Gasteiger partial charge in [-0.1, -0.05) is 30.3 Å². The fraction of sp³-hybridized carbons (Fsp3) is 0.250. The molecular weight excluding hydrogens is 255 g/mol. The Morgan fingerprint density at radius 3 is 2.80 bits per heavy atom. The van der Waals surface area contributed by atoms with Gasteiger partial charge in [0.05, 0.1) is 6.04 Å². The first-order chi connectivity index (χ1) is 9.69. The summed E-state index contributed by atoms with van der Waals surface area (Å²) < 4.78 is 19.6. The van der Waals surface area contributed by atoms with Gasteiger partial charge in [0.2, 0.25) is 0 Å². The molecule has 0 aromatic heterocycles. The lowest BCUT2D eigenvalue weighted by molar-refractivity contribution is 0.179. The predicted molar refractivity (Wildman–Crippen MR) is 75.8 cm³/mol. The van der Waals surface area contributed by atoms with Gasteiger partial charge in [0.1, 0.15) is 17.7 Å². The van der Waals surface area contributed by atoms with Gasteiger partial charge in [-0.2, -0.15) is 0 Å². The zero-order chi connectivity index (χ0) is 14.1. The van der Waals surface area contributed by atoms with Gasteiger partial charge in [-0.05, 0) is 35.7 Å². The van der Waals surface area contributed by atoms with Crippen molar-refractivity contribution in [2.75, 3.05) is 0 Å². The molecule has 2 unspecified atom stereocenters. The van der Waals surface area contributed by atoms with Gasteiger partial charge in [0, 0.05) is 6.42 Å². The molecule has 1 aliphatic rings. The Morgan fingerprint density at radius 1 is 1.30 bits per heavy atom. The van der Waals surface area contributed by atoms with Crippen LogP contribution in [-0.2, 0) is 6.42 Å². The molecule has 0 saturated heterocycles. The molecule has 0 fully saturated rings. The number of hydrogen-bond donors (Lipinski definition) is 2. The Labute approximate surface area is 117 Å². The van der Waals surface area contributed by atoms with E-state index < -0.39 is 0 Å². The minimum absolute atomic E-state index is 0.125. The lowest BCUT2D eigenvalue weighted by Crippen LogP contribution is -2.39. The largest absolute Gasteiger partial charge is 0.488 e. The van der Waals surface area contributed by atoms with Crippen LogP contribution < -0.4 is 16.0 Å². The highest BCUT2D eigenvalue weighted by atomic mass is 19.1. The summed E-state index contributed by atoms with van der Waals surface area (Å²) >= 11 is 0. The van der Waals surface area contributed by atoms with Crippen molar-refractivity contribution in [1.82, 2.24) is 5.43 Å². The molecule has 1 aliphatic heterocycles. The smallest absolute Gasteiger partial charge is 0.126 e. The minimum Gasteiger partial charge on any atom is -0.488 e. The molecule has 4 heteroatoms. The van der Waals surface area contributed by atoms with E-state index in [1.807, 2.05) is 30.3 Å². The van der Waals surface area contributed by atoms with Crippen LogP contribution in [-0.4, -0.2) is 6.10 Å². The maximum Gasteiger partial charge on any atom is 0.126 e. The van der Waals surface area contributed by atoms with E-state index in [1.165, 1.54) is 6.07 Å². The van der Waals surface area contributed by atoms with E-state index in [4.69, 9.17) is 10.6 Å². The molecule has 3 rings (SSSR count). The molecule has 0 spiro atoms.